The van der Waals surface area contributed by atoms with Crippen LogP contribution < -0.4 is 9.04 Å². The molecule has 1 heterocycles. The summed E-state index contributed by atoms with van der Waals surface area (Å²) >= 11 is 0.912. The molecule has 108 valence electrons. The van der Waals surface area contributed by atoms with Gasteiger partial charge in [0.2, 0.25) is 5.88 Å². The van der Waals surface area contributed by atoms with Crippen LogP contribution in [0.4, 0.5) is 5.69 Å². The third-order valence-corrected chi connectivity index (χ3v) is 3.45. The fourth-order valence-corrected chi connectivity index (χ4v) is 2.25. The van der Waals surface area contributed by atoms with E-state index in [1.807, 2.05) is 25.9 Å². The van der Waals surface area contributed by atoms with Crippen LogP contribution in [0.5, 0.6) is 5.88 Å². The van der Waals surface area contributed by atoms with Crippen molar-refractivity contribution in [3.05, 3.63) is 16.7 Å². The van der Waals surface area contributed by atoms with Gasteiger partial charge in [0.1, 0.15) is 5.69 Å². The van der Waals surface area contributed by atoms with Gasteiger partial charge in [-0.25, -0.2) is 4.98 Å². The highest BCUT2D eigenvalue weighted by molar-refractivity contribution is 9.10. The fraction of sp³-hybridized carbons (Fsp3) is 0.545. The molecule has 0 radical (unpaired) electrons. The first-order valence-electron chi connectivity index (χ1n) is 5.75. The Kier molecular flexibility index (Phi) is 6.70. The van der Waals surface area contributed by atoms with Crippen molar-refractivity contribution in [1.29, 1.82) is 0 Å². The zero-order valence-corrected chi connectivity index (χ0v) is 13.5. The number of likely N-dealkylation sites (N-methyl/N-ethyl adjacent to an activating group) is 1. The van der Waals surface area contributed by atoms with Gasteiger partial charge in [-0.1, -0.05) is 0 Å². The Morgan fingerprint density at radius 3 is 2.68 bits per heavy atom. The van der Waals surface area contributed by atoms with Gasteiger partial charge in [-0.2, -0.15) is 0 Å². The first-order valence-corrected chi connectivity index (χ1v) is 7.58. The summed E-state index contributed by atoms with van der Waals surface area (Å²) < 4.78 is 30.1. The van der Waals surface area contributed by atoms with Crippen molar-refractivity contribution in [2.45, 2.75) is 6.92 Å². The maximum atomic E-state index is 11.4. The van der Waals surface area contributed by atoms with Crippen molar-refractivity contribution in [3.8, 4) is 5.88 Å². The summed E-state index contributed by atoms with van der Waals surface area (Å²) in [5.74, 6) is 0.314. The molecular formula is C11H17BrN3O3S-. The van der Waals surface area contributed by atoms with E-state index >= 15 is 0 Å². The van der Waals surface area contributed by atoms with E-state index in [-0.39, 0.29) is 0 Å². The van der Waals surface area contributed by atoms with Gasteiger partial charge in [0.05, 0.1) is 6.61 Å². The molecule has 0 spiro atoms. The van der Waals surface area contributed by atoms with Crippen LogP contribution in [0.25, 0.3) is 0 Å². The highest BCUT2D eigenvalue weighted by Crippen LogP contribution is 2.29. The summed E-state index contributed by atoms with van der Waals surface area (Å²) in [5, 5.41) is 0. The van der Waals surface area contributed by atoms with Gasteiger partial charge in [0.25, 0.3) is 0 Å². The van der Waals surface area contributed by atoms with Crippen molar-refractivity contribution < 1.29 is 13.5 Å². The van der Waals surface area contributed by atoms with Crippen LogP contribution in [0.3, 0.4) is 0 Å². The number of rotatable bonds is 7. The van der Waals surface area contributed by atoms with Gasteiger partial charge in [-0.15, -0.1) is 0 Å². The molecule has 1 aromatic heterocycles. The van der Waals surface area contributed by atoms with E-state index in [0.717, 1.165) is 0 Å². The second kappa shape index (κ2) is 7.78. The molecule has 8 heteroatoms. The van der Waals surface area contributed by atoms with Crippen molar-refractivity contribution in [1.82, 2.24) is 9.88 Å². The number of nitrogens with zero attached hydrogens (tertiary/aromatic N) is 3. The molecule has 0 saturated heterocycles. The predicted octanol–water partition coefficient (Wildman–Crippen LogP) is 1.40. The van der Waals surface area contributed by atoms with Gasteiger partial charge in [-0.05, 0) is 43.0 Å². The Morgan fingerprint density at radius 1 is 1.47 bits per heavy atom. The van der Waals surface area contributed by atoms with E-state index in [0.29, 0.717) is 35.7 Å². The molecule has 0 aliphatic heterocycles. The normalized spacial score (nSPS) is 12.5. The van der Waals surface area contributed by atoms with E-state index in [4.69, 9.17) is 4.74 Å². The van der Waals surface area contributed by atoms with Crippen LogP contribution in [0.15, 0.2) is 16.7 Å². The number of halogens is 1. The second-order valence-corrected chi connectivity index (χ2v) is 5.82. The zero-order valence-electron chi connectivity index (χ0n) is 11.1. The van der Waals surface area contributed by atoms with Gasteiger partial charge < -0.3 is 14.2 Å². The van der Waals surface area contributed by atoms with Crippen LogP contribution in [-0.4, -0.2) is 52.4 Å². The van der Waals surface area contributed by atoms with Crippen LogP contribution in [0, 0.1) is 0 Å². The van der Waals surface area contributed by atoms with Crippen molar-refractivity contribution in [3.63, 3.8) is 0 Å². The Balaban J connectivity index is 3.05. The SMILES string of the molecule is CCOc1ncc(Br)cc1N(CCN(C)C)S(=O)[O-]. The van der Waals surface area contributed by atoms with Crippen LogP contribution >= 0.6 is 15.9 Å². The van der Waals surface area contributed by atoms with E-state index in [1.54, 1.807) is 12.3 Å². The average molecular weight is 351 g/mol. The van der Waals surface area contributed by atoms with E-state index in [2.05, 4.69) is 20.9 Å². The molecule has 0 amide bonds. The molecule has 0 fully saturated rings. The topological polar surface area (TPSA) is 68.7 Å². The molecule has 0 N–H and O–H groups in total. The number of ether oxygens (including phenoxy) is 1. The summed E-state index contributed by atoms with van der Waals surface area (Å²) in [6, 6.07) is 1.68. The highest BCUT2D eigenvalue weighted by atomic mass is 79.9. The molecule has 0 bridgehead atoms. The van der Waals surface area contributed by atoms with E-state index < -0.39 is 11.3 Å². The maximum Gasteiger partial charge on any atom is 0.238 e. The van der Waals surface area contributed by atoms with Crippen molar-refractivity contribution in [2.75, 3.05) is 38.1 Å². The highest BCUT2D eigenvalue weighted by Gasteiger charge is 2.15. The number of anilines is 1. The molecule has 1 aromatic rings. The maximum absolute atomic E-state index is 11.4. The Labute approximate surface area is 124 Å². The van der Waals surface area contributed by atoms with Crippen LogP contribution in [-0.2, 0) is 11.3 Å². The smallest absolute Gasteiger partial charge is 0.238 e. The quantitative estimate of drug-likeness (QED) is 0.695. The molecule has 0 aromatic carbocycles. The average Bonchev–Trinajstić information content (AvgIpc) is 2.32. The molecular weight excluding hydrogens is 334 g/mol. The minimum absolute atomic E-state index is 0.314. The van der Waals surface area contributed by atoms with Crippen LogP contribution in [0.1, 0.15) is 6.92 Å². The fourth-order valence-electron chi connectivity index (χ4n) is 1.41. The number of pyridine rings is 1. The Morgan fingerprint density at radius 2 is 2.16 bits per heavy atom. The minimum Gasteiger partial charge on any atom is -0.755 e. The molecule has 6 nitrogen and oxygen atoms in total. The summed E-state index contributed by atoms with van der Waals surface area (Å²) in [6.45, 7) is 3.19. The van der Waals surface area contributed by atoms with Crippen LogP contribution in [0.2, 0.25) is 0 Å². The number of hydrogen-bond acceptors (Lipinski definition) is 5. The molecule has 1 unspecified atom stereocenters. The lowest BCUT2D eigenvalue weighted by atomic mass is 10.4. The third-order valence-electron chi connectivity index (χ3n) is 2.28. The lowest BCUT2D eigenvalue weighted by Crippen LogP contribution is -2.33. The summed E-state index contributed by atoms with van der Waals surface area (Å²) in [4.78, 5) is 6.01. The van der Waals surface area contributed by atoms with Gasteiger partial charge >= 0.3 is 0 Å². The molecule has 0 saturated carbocycles. The second-order valence-electron chi connectivity index (χ2n) is 4.03. The number of hydrogen-bond donors (Lipinski definition) is 0. The first kappa shape index (κ1) is 16.4. The lowest BCUT2D eigenvalue weighted by molar-refractivity contribution is 0.327. The Hall–Kier alpha value is -0.700. The predicted molar refractivity (Wildman–Crippen MR) is 77.9 cm³/mol. The monoisotopic (exact) mass is 350 g/mol. The number of aromatic nitrogens is 1. The standard InChI is InChI=1S/C11H18BrN3O3S/c1-4-18-11-10(7-9(12)8-13-11)15(19(16)17)6-5-14(2)3/h7-8H,4-6H2,1-3H3,(H,16,17)/p-1. The van der Waals surface area contributed by atoms with Crippen molar-refractivity contribution >= 4 is 32.9 Å². The molecule has 0 aliphatic rings. The third kappa shape index (κ3) is 5.06. The van der Waals surface area contributed by atoms with Gasteiger partial charge in [-0.3, -0.25) is 8.51 Å². The molecule has 1 rings (SSSR count). The largest absolute Gasteiger partial charge is 0.755 e. The first-order chi connectivity index (χ1) is 8.95. The minimum atomic E-state index is -2.38. The van der Waals surface area contributed by atoms with Crippen molar-refractivity contribution in [2.24, 2.45) is 0 Å². The Bertz CT molecular complexity index is 445. The lowest BCUT2D eigenvalue weighted by Gasteiger charge is -2.28. The summed E-state index contributed by atoms with van der Waals surface area (Å²) in [6.07, 6.45) is 1.58. The summed E-state index contributed by atoms with van der Waals surface area (Å²) in [5.41, 5.74) is 0.436. The molecule has 1 atom stereocenters. The van der Waals surface area contributed by atoms with Gasteiger partial charge in [0, 0.05) is 35.0 Å². The van der Waals surface area contributed by atoms with E-state index in [1.165, 1.54) is 4.31 Å². The zero-order chi connectivity index (χ0) is 14.4. The van der Waals surface area contributed by atoms with E-state index in [9.17, 15) is 8.76 Å². The molecule has 19 heavy (non-hydrogen) atoms. The summed E-state index contributed by atoms with van der Waals surface area (Å²) in [7, 11) is 3.77. The van der Waals surface area contributed by atoms with Gasteiger partial charge in [0.15, 0.2) is 0 Å². The molecule has 0 aliphatic carbocycles.